The first-order valence-corrected chi connectivity index (χ1v) is 27.5. The Labute approximate surface area is 212 Å². The number of hydrogen-bond donors (Lipinski definition) is 0. The minimum absolute atomic E-state index is 0.908. The van der Waals surface area contributed by atoms with Crippen molar-refractivity contribution in [1.29, 1.82) is 0 Å². The van der Waals surface area contributed by atoms with Gasteiger partial charge < -0.3 is 0 Å². The zero-order valence-electron chi connectivity index (χ0n) is 22.2. The molecule has 3 rings (SSSR count). The molecule has 0 spiro atoms. The first-order valence-electron chi connectivity index (χ1n) is 13.5. The Morgan fingerprint density at radius 2 is 1.28 bits per heavy atom. The van der Waals surface area contributed by atoms with Crippen molar-refractivity contribution in [2.45, 2.75) is 113 Å². The zero-order valence-corrected chi connectivity index (χ0v) is 27.7. The first kappa shape index (κ1) is 27.0. The van der Waals surface area contributed by atoms with Gasteiger partial charge in [0, 0.05) is 0 Å². The number of unbranched alkanes of at least 4 members (excludes halogenated alkanes) is 2. The van der Waals surface area contributed by atoms with Gasteiger partial charge in [0.25, 0.3) is 0 Å². The molecule has 0 saturated carbocycles. The van der Waals surface area contributed by atoms with Gasteiger partial charge in [-0.05, 0) is 0 Å². The van der Waals surface area contributed by atoms with Gasteiger partial charge in [-0.25, -0.2) is 0 Å². The molecule has 2 unspecified atom stereocenters. The van der Waals surface area contributed by atoms with E-state index in [1.54, 1.807) is 14.6 Å². The monoisotopic (exact) mass is 596 g/mol. The summed E-state index contributed by atoms with van der Waals surface area (Å²) < 4.78 is 1.82. The molecule has 0 N–H and O–H groups in total. The Balaban J connectivity index is 2.14. The summed E-state index contributed by atoms with van der Waals surface area (Å²) in [5.74, 6) is 1.82. The fraction of sp³-hybridized carbons (Fsp3) is 0.714. The maximum atomic E-state index is 2.81. The summed E-state index contributed by atoms with van der Waals surface area (Å²) in [7, 11) is -1.72. The van der Waals surface area contributed by atoms with Crippen molar-refractivity contribution in [1.82, 2.24) is 0 Å². The summed E-state index contributed by atoms with van der Waals surface area (Å²) in [4.78, 5) is 12.9. The third-order valence-electron chi connectivity index (χ3n) is 7.92. The second-order valence-electron chi connectivity index (χ2n) is 11.5. The summed E-state index contributed by atoms with van der Waals surface area (Å²) >= 11 is 2.26. The molecule has 0 bridgehead atoms. The van der Waals surface area contributed by atoms with Gasteiger partial charge in [0.2, 0.25) is 0 Å². The normalized spacial score (nSPS) is 19.8. The standard InChI is InChI=1S/C25H39S2Si.3CH3.Sn/c1-6-10-12-20(8-3)17-28(18-21(9-4)13-11-7-2)22-14-15-26-24(22)25-23(28)16-19(5)27-25;;;;/h14,16,20-21H,6-13,17-18H2,1-5H3;3*1H3;. The molecule has 180 valence electrons. The van der Waals surface area contributed by atoms with Crippen molar-refractivity contribution >= 4 is 62.4 Å². The predicted octanol–water partition coefficient (Wildman–Crippen LogP) is 8.64. The van der Waals surface area contributed by atoms with Gasteiger partial charge in [-0.3, -0.25) is 0 Å². The van der Waals surface area contributed by atoms with Crippen LogP contribution in [0, 0.1) is 18.8 Å². The van der Waals surface area contributed by atoms with E-state index in [4.69, 9.17) is 0 Å². The first-order chi connectivity index (χ1) is 15.2. The van der Waals surface area contributed by atoms with E-state index < -0.39 is 26.5 Å². The molecular weight excluding hydrogens is 547 g/mol. The third kappa shape index (κ3) is 5.62. The van der Waals surface area contributed by atoms with Crippen LogP contribution in [0.1, 0.15) is 83.9 Å². The van der Waals surface area contributed by atoms with Gasteiger partial charge >= 0.3 is 214 Å². The van der Waals surface area contributed by atoms with Gasteiger partial charge in [-0.1, -0.05) is 0 Å². The van der Waals surface area contributed by atoms with E-state index in [0.29, 0.717) is 0 Å². The van der Waals surface area contributed by atoms with E-state index in [1.807, 2.05) is 13.3 Å². The quantitative estimate of drug-likeness (QED) is 0.204. The van der Waals surface area contributed by atoms with Crippen LogP contribution in [0.25, 0.3) is 9.75 Å². The van der Waals surface area contributed by atoms with Crippen molar-refractivity contribution < 1.29 is 0 Å². The Morgan fingerprint density at radius 1 is 0.781 bits per heavy atom. The molecule has 0 aliphatic carbocycles. The Morgan fingerprint density at radius 3 is 1.75 bits per heavy atom. The summed E-state index contributed by atoms with van der Waals surface area (Å²) in [6.45, 7) is 12.0. The summed E-state index contributed by atoms with van der Waals surface area (Å²) in [5, 5.41) is 3.76. The topological polar surface area (TPSA) is 0 Å². The van der Waals surface area contributed by atoms with Gasteiger partial charge in [0.15, 0.2) is 0 Å². The van der Waals surface area contributed by atoms with Crippen LogP contribution in [0.5, 0.6) is 0 Å². The van der Waals surface area contributed by atoms with Crippen molar-refractivity contribution in [3.8, 4) is 9.75 Å². The molecular formula is C28H48S2SiSn. The number of rotatable bonds is 13. The fourth-order valence-electron chi connectivity index (χ4n) is 5.86. The molecule has 1 aliphatic rings. The molecule has 2 aromatic heterocycles. The van der Waals surface area contributed by atoms with Crippen LogP contribution < -0.4 is 13.3 Å². The number of thiophene rings is 2. The number of aryl methyl sites for hydroxylation is 1. The van der Waals surface area contributed by atoms with Crippen LogP contribution in [0.3, 0.4) is 0 Å². The van der Waals surface area contributed by atoms with Crippen molar-refractivity contribution in [3.63, 3.8) is 0 Å². The van der Waals surface area contributed by atoms with Crippen LogP contribution >= 0.6 is 22.7 Å². The Kier molecular flexibility index (Phi) is 9.65. The van der Waals surface area contributed by atoms with Crippen molar-refractivity contribution in [2.75, 3.05) is 0 Å². The third-order valence-corrected chi connectivity index (χ3v) is 25.5. The molecule has 0 saturated heterocycles. The SMILES string of the molecule is CCCCC(CC)C[Si]1(CC(CC)CCCC)c2cc(C)sc2-c2s[c]([Sn]([CH3])([CH3])[CH3])cc21. The second-order valence-corrected chi connectivity index (χ2v) is 33.3. The average Bonchev–Trinajstić information content (AvgIpc) is 3.41. The van der Waals surface area contributed by atoms with E-state index in [0.717, 1.165) is 11.8 Å². The van der Waals surface area contributed by atoms with Gasteiger partial charge in [-0.2, -0.15) is 0 Å². The van der Waals surface area contributed by atoms with E-state index in [2.05, 4.69) is 84.2 Å². The predicted molar refractivity (Wildman–Crippen MR) is 157 cm³/mol. The molecule has 4 heteroatoms. The Hall–Kier alpha value is 0.416. The van der Waals surface area contributed by atoms with E-state index in [1.165, 1.54) is 63.5 Å². The zero-order chi connectivity index (χ0) is 23.5. The molecule has 0 fully saturated rings. The molecule has 2 aromatic rings. The molecule has 32 heavy (non-hydrogen) atoms. The molecule has 2 atom stereocenters. The number of hydrogen-bond acceptors (Lipinski definition) is 2. The number of fused-ring (bicyclic) bond motifs is 3. The minimum atomic E-state index is -2.09. The fourth-order valence-corrected chi connectivity index (χ4v) is 21.8. The van der Waals surface area contributed by atoms with E-state index in [-0.39, 0.29) is 0 Å². The Bertz CT molecular complexity index is 855. The molecule has 1 aliphatic heterocycles. The van der Waals surface area contributed by atoms with Crippen molar-refractivity contribution in [2.24, 2.45) is 11.8 Å². The van der Waals surface area contributed by atoms with Gasteiger partial charge in [0.05, 0.1) is 0 Å². The molecule has 0 amide bonds. The van der Waals surface area contributed by atoms with Crippen LogP contribution in [0.4, 0.5) is 0 Å². The van der Waals surface area contributed by atoms with Crippen LogP contribution in [-0.4, -0.2) is 26.5 Å². The molecule has 0 radical (unpaired) electrons. The molecule has 0 aromatic carbocycles. The second kappa shape index (κ2) is 11.4. The average molecular weight is 596 g/mol. The van der Waals surface area contributed by atoms with Gasteiger partial charge in [-0.15, -0.1) is 0 Å². The summed E-state index contributed by atoms with van der Waals surface area (Å²) in [6, 6.07) is 8.50. The van der Waals surface area contributed by atoms with E-state index >= 15 is 0 Å². The summed E-state index contributed by atoms with van der Waals surface area (Å²) in [6.07, 6.45) is 11.1. The summed E-state index contributed by atoms with van der Waals surface area (Å²) in [5.41, 5.74) is 0. The van der Waals surface area contributed by atoms with Crippen LogP contribution in [-0.2, 0) is 0 Å². The van der Waals surface area contributed by atoms with Crippen LogP contribution in [0.2, 0.25) is 26.9 Å². The van der Waals surface area contributed by atoms with Gasteiger partial charge in [0.1, 0.15) is 0 Å². The van der Waals surface area contributed by atoms with Crippen molar-refractivity contribution in [3.05, 3.63) is 17.0 Å². The molecule has 3 heterocycles. The van der Waals surface area contributed by atoms with Crippen LogP contribution in [0.15, 0.2) is 12.1 Å². The maximum absolute atomic E-state index is 2.81. The molecule has 0 nitrogen and oxygen atoms in total. The van der Waals surface area contributed by atoms with E-state index in [9.17, 15) is 0 Å².